The van der Waals surface area contributed by atoms with Crippen molar-refractivity contribution in [2.75, 3.05) is 17.2 Å². The Bertz CT molecular complexity index is 1160. The van der Waals surface area contributed by atoms with Crippen LogP contribution in [0.2, 0.25) is 0 Å². The number of aliphatic hydroxyl groups is 1. The lowest BCUT2D eigenvalue weighted by molar-refractivity contribution is -0.156. The average Bonchev–Trinajstić information content (AvgIpc) is 3.26. The number of aldehydes is 1. The zero-order chi connectivity index (χ0) is 23.0. The summed E-state index contributed by atoms with van der Waals surface area (Å²) >= 11 is 0. The fraction of sp³-hybridized carbons (Fsp3) is 0.150. The molecule has 2 aromatic heterocycles. The number of benzene rings is 2. The zero-order valence-corrected chi connectivity index (χ0v) is 16.9. The minimum Gasteiger partial charge on any atom is -0.412 e. The molecule has 4 aromatic rings. The SMILES string of the molecule is O.O=CC(F)(F)F.OC(CNc1ccnc(Nc2ccc3n[nH]nc3c2)n1)c1ccccc1. The topological polar surface area (TPSA) is 160 Å². The van der Waals surface area contributed by atoms with Crippen molar-refractivity contribution in [2.24, 2.45) is 0 Å². The summed E-state index contributed by atoms with van der Waals surface area (Å²) in [6.07, 6.45) is -4.66. The number of anilines is 3. The molecule has 174 valence electrons. The lowest BCUT2D eigenvalue weighted by Crippen LogP contribution is -2.13. The summed E-state index contributed by atoms with van der Waals surface area (Å²) in [5.41, 5.74) is 3.22. The van der Waals surface area contributed by atoms with Gasteiger partial charge in [0, 0.05) is 18.4 Å². The molecular formula is C20H20F3N7O3. The van der Waals surface area contributed by atoms with Crippen LogP contribution in [0.5, 0.6) is 0 Å². The van der Waals surface area contributed by atoms with Crippen LogP contribution in [-0.4, -0.2) is 55.0 Å². The Labute approximate surface area is 185 Å². The summed E-state index contributed by atoms with van der Waals surface area (Å²) in [6.45, 7) is 0.353. The highest BCUT2D eigenvalue weighted by Gasteiger charge is 2.24. The normalized spacial score (nSPS) is 11.5. The fourth-order valence-electron chi connectivity index (χ4n) is 2.56. The highest BCUT2D eigenvalue weighted by molar-refractivity contribution is 5.78. The van der Waals surface area contributed by atoms with Gasteiger partial charge in [-0.3, -0.25) is 4.79 Å². The van der Waals surface area contributed by atoms with E-state index < -0.39 is 18.6 Å². The number of hydrogen-bond acceptors (Lipinski definition) is 8. The van der Waals surface area contributed by atoms with Crippen LogP contribution < -0.4 is 10.6 Å². The number of aliphatic hydroxyl groups excluding tert-OH is 1. The van der Waals surface area contributed by atoms with Gasteiger partial charge in [0.15, 0.2) is 0 Å². The monoisotopic (exact) mass is 463 g/mol. The van der Waals surface area contributed by atoms with Gasteiger partial charge >= 0.3 is 6.18 Å². The summed E-state index contributed by atoms with van der Waals surface area (Å²) in [4.78, 5) is 17.3. The van der Waals surface area contributed by atoms with E-state index in [1.165, 1.54) is 0 Å². The van der Waals surface area contributed by atoms with Crippen LogP contribution in [0.15, 0.2) is 60.8 Å². The Kier molecular flexibility index (Phi) is 8.77. The third-order valence-corrected chi connectivity index (χ3v) is 4.02. The molecule has 0 saturated heterocycles. The first kappa shape index (κ1) is 25.2. The minimum atomic E-state index is -4.64. The van der Waals surface area contributed by atoms with Gasteiger partial charge in [-0.05, 0) is 29.8 Å². The molecule has 0 bridgehead atoms. The molecule has 6 N–H and O–H groups in total. The molecule has 2 aromatic carbocycles. The standard InChI is InChI=1S/C18H17N7O.C2HF3O.H2O/c26-16(12-4-2-1-3-5-12)11-20-17-8-9-19-18(22-17)21-13-6-7-14-15(10-13)24-25-23-14;3-2(4,5)1-6;/h1-10,16,26H,11H2,(H,23,24,25)(H2,19,20,21,22);1H;1H2. The van der Waals surface area contributed by atoms with E-state index in [1.54, 1.807) is 12.3 Å². The number of nitrogens with zero attached hydrogens (tertiary/aromatic N) is 4. The Morgan fingerprint density at radius 1 is 1.06 bits per heavy atom. The van der Waals surface area contributed by atoms with E-state index in [4.69, 9.17) is 4.79 Å². The number of aromatic nitrogens is 5. The molecule has 13 heteroatoms. The first-order valence-corrected chi connectivity index (χ1v) is 9.24. The van der Waals surface area contributed by atoms with Gasteiger partial charge in [0.1, 0.15) is 16.9 Å². The van der Waals surface area contributed by atoms with Crippen molar-refractivity contribution in [3.8, 4) is 0 Å². The number of hydrogen-bond donors (Lipinski definition) is 4. The molecule has 1 unspecified atom stereocenters. The maximum atomic E-state index is 10.4. The number of fused-ring (bicyclic) bond motifs is 1. The molecule has 4 rings (SSSR count). The molecule has 0 aliphatic carbocycles. The molecule has 0 spiro atoms. The lowest BCUT2D eigenvalue weighted by Gasteiger charge is -2.13. The van der Waals surface area contributed by atoms with Gasteiger partial charge in [-0.1, -0.05) is 30.3 Å². The van der Waals surface area contributed by atoms with E-state index in [9.17, 15) is 18.3 Å². The summed E-state index contributed by atoms with van der Waals surface area (Å²) in [7, 11) is 0. The third-order valence-electron chi connectivity index (χ3n) is 4.02. The molecule has 0 amide bonds. The van der Waals surface area contributed by atoms with Gasteiger partial charge < -0.3 is 21.2 Å². The summed E-state index contributed by atoms with van der Waals surface area (Å²) in [5, 5.41) is 27.2. The van der Waals surface area contributed by atoms with E-state index in [-0.39, 0.29) is 5.48 Å². The Balaban J connectivity index is 0.000000491. The Morgan fingerprint density at radius 3 is 2.45 bits per heavy atom. The van der Waals surface area contributed by atoms with Crippen molar-refractivity contribution < 1.29 is 28.5 Å². The predicted molar refractivity (Wildman–Crippen MR) is 115 cm³/mol. The van der Waals surface area contributed by atoms with E-state index in [0.717, 1.165) is 22.3 Å². The van der Waals surface area contributed by atoms with Crippen LogP contribution in [0.25, 0.3) is 11.0 Å². The quantitative estimate of drug-likeness (QED) is 0.317. The molecule has 0 aliphatic heterocycles. The van der Waals surface area contributed by atoms with Crippen molar-refractivity contribution in [2.45, 2.75) is 12.3 Å². The minimum absolute atomic E-state index is 0. The summed E-state index contributed by atoms with van der Waals surface area (Å²) < 4.78 is 31.2. The van der Waals surface area contributed by atoms with E-state index in [0.29, 0.717) is 18.3 Å². The maximum Gasteiger partial charge on any atom is 0.446 e. The second-order valence-corrected chi connectivity index (χ2v) is 6.38. The van der Waals surface area contributed by atoms with Crippen molar-refractivity contribution in [1.29, 1.82) is 0 Å². The van der Waals surface area contributed by atoms with Gasteiger partial charge in [0.2, 0.25) is 12.2 Å². The van der Waals surface area contributed by atoms with Crippen LogP contribution >= 0.6 is 0 Å². The van der Waals surface area contributed by atoms with Crippen LogP contribution in [0.4, 0.5) is 30.6 Å². The Morgan fingerprint density at radius 2 is 1.76 bits per heavy atom. The Hall–Kier alpha value is -4.10. The van der Waals surface area contributed by atoms with Crippen LogP contribution in [-0.2, 0) is 4.79 Å². The molecule has 33 heavy (non-hydrogen) atoms. The molecule has 2 heterocycles. The summed E-state index contributed by atoms with van der Waals surface area (Å²) in [6, 6.07) is 16.9. The molecule has 0 radical (unpaired) electrons. The number of aromatic amines is 1. The smallest absolute Gasteiger partial charge is 0.412 e. The first-order valence-electron chi connectivity index (χ1n) is 9.24. The summed E-state index contributed by atoms with van der Waals surface area (Å²) in [5.74, 6) is 1.08. The first-order chi connectivity index (χ1) is 15.3. The van der Waals surface area contributed by atoms with Gasteiger partial charge in [-0.15, -0.1) is 0 Å². The second-order valence-electron chi connectivity index (χ2n) is 6.38. The maximum absolute atomic E-state index is 10.4. The van der Waals surface area contributed by atoms with E-state index in [1.807, 2.05) is 48.5 Å². The van der Waals surface area contributed by atoms with Crippen molar-refractivity contribution in [3.05, 3.63) is 66.4 Å². The number of carbonyl (C=O) groups excluding carboxylic acids is 1. The zero-order valence-electron chi connectivity index (χ0n) is 16.9. The fourth-order valence-corrected chi connectivity index (χ4v) is 2.56. The number of nitrogens with one attached hydrogen (secondary N) is 3. The number of rotatable bonds is 6. The van der Waals surface area contributed by atoms with Crippen LogP contribution in [0.3, 0.4) is 0 Å². The highest BCUT2D eigenvalue weighted by atomic mass is 19.4. The molecule has 10 nitrogen and oxygen atoms in total. The molecule has 0 fully saturated rings. The van der Waals surface area contributed by atoms with Gasteiger partial charge in [0.05, 0.1) is 6.10 Å². The van der Waals surface area contributed by atoms with Crippen LogP contribution in [0.1, 0.15) is 11.7 Å². The van der Waals surface area contributed by atoms with Crippen molar-refractivity contribution in [3.63, 3.8) is 0 Å². The molecule has 0 saturated carbocycles. The number of halogens is 3. The number of carbonyl (C=O) groups is 1. The lowest BCUT2D eigenvalue weighted by atomic mass is 10.1. The van der Waals surface area contributed by atoms with E-state index >= 15 is 0 Å². The third kappa shape index (κ3) is 7.83. The highest BCUT2D eigenvalue weighted by Crippen LogP contribution is 2.19. The van der Waals surface area contributed by atoms with Gasteiger partial charge in [-0.25, -0.2) is 4.98 Å². The number of H-pyrrole nitrogens is 1. The van der Waals surface area contributed by atoms with Crippen LogP contribution in [0, 0.1) is 0 Å². The van der Waals surface area contributed by atoms with Gasteiger partial charge in [-0.2, -0.15) is 33.6 Å². The molecule has 0 aliphatic rings. The largest absolute Gasteiger partial charge is 0.446 e. The predicted octanol–water partition coefficient (Wildman–Crippen LogP) is 2.56. The molecule has 1 atom stereocenters. The van der Waals surface area contributed by atoms with E-state index in [2.05, 4.69) is 36.0 Å². The molecular weight excluding hydrogens is 443 g/mol. The number of alkyl halides is 3. The van der Waals surface area contributed by atoms with Crippen molar-refractivity contribution >= 4 is 34.8 Å². The average molecular weight is 463 g/mol. The second kappa shape index (κ2) is 11.5. The van der Waals surface area contributed by atoms with Gasteiger partial charge in [0.25, 0.3) is 0 Å². The van der Waals surface area contributed by atoms with Crippen molar-refractivity contribution in [1.82, 2.24) is 25.4 Å².